The molecule has 3 heterocycles. The lowest BCUT2D eigenvalue weighted by Crippen LogP contribution is -2.15. The number of aliphatic imine (C=N–C) groups is 2. The van der Waals surface area contributed by atoms with E-state index in [0.29, 0.717) is 0 Å². The third kappa shape index (κ3) is 23.8. The Morgan fingerprint density at radius 3 is 1.27 bits per heavy atom. The lowest BCUT2D eigenvalue weighted by molar-refractivity contribution is 0.463. The van der Waals surface area contributed by atoms with Crippen molar-refractivity contribution < 1.29 is 0 Å². The molecule has 0 saturated heterocycles. The first-order valence-electron chi connectivity index (χ1n) is 18.6. The molecule has 0 aromatic carbocycles. The SMILES string of the molecule is CC.CC.CCCCC(CC)CN=Cc1ccc(C)s1.CCCCC(CC)CN=Cc1ccc(C)s1.CN(C)c1cccc(N(C)C)n1. The van der Waals surface area contributed by atoms with E-state index in [9.17, 15) is 0 Å². The molecule has 7 heteroatoms. The van der Waals surface area contributed by atoms with E-state index < -0.39 is 0 Å². The maximum Gasteiger partial charge on any atom is 0.130 e. The third-order valence-corrected chi connectivity index (χ3v) is 9.28. The number of aromatic nitrogens is 1. The molecule has 2 unspecified atom stereocenters. The maximum atomic E-state index is 4.56. The van der Waals surface area contributed by atoms with Gasteiger partial charge in [0.25, 0.3) is 0 Å². The van der Waals surface area contributed by atoms with Gasteiger partial charge in [0.2, 0.25) is 0 Å². The first kappa shape index (κ1) is 47.6. The van der Waals surface area contributed by atoms with Gasteiger partial charge in [-0.25, -0.2) is 4.98 Å². The second-order valence-corrected chi connectivity index (χ2v) is 14.5. The van der Waals surface area contributed by atoms with Crippen molar-refractivity contribution in [2.75, 3.05) is 51.1 Å². The molecule has 2 atom stereocenters. The Balaban J connectivity index is 0. The fraction of sp³-hybridized carbons (Fsp3) is 0.634. The van der Waals surface area contributed by atoms with Crippen molar-refractivity contribution in [1.29, 1.82) is 0 Å². The normalized spacial score (nSPS) is 11.6. The summed E-state index contributed by atoms with van der Waals surface area (Å²) in [6.07, 6.45) is 14.5. The Morgan fingerprint density at radius 1 is 0.625 bits per heavy atom. The van der Waals surface area contributed by atoms with Crippen molar-refractivity contribution in [2.24, 2.45) is 21.8 Å². The number of anilines is 2. The summed E-state index contributed by atoms with van der Waals surface area (Å²) in [5, 5.41) is 0. The molecule has 3 rings (SSSR count). The van der Waals surface area contributed by atoms with E-state index in [0.717, 1.165) is 36.6 Å². The summed E-state index contributed by atoms with van der Waals surface area (Å²) in [5.74, 6) is 3.52. The van der Waals surface area contributed by atoms with Crippen LogP contribution in [-0.2, 0) is 0 Å². The molecule has 48 heavy (non-hydrogen) atoms. The van der Waals surface area contributed by atoms with E-state index >= 15 is 0 Å². The zero-order valence-electron chi connectivity index (χ0n) is 33.5. The molecule has 0 aliphatic heterocycles. The van der Waals surface area contributed by atoms with Gasteiger partial charge in [0.1, 0.15) is 11.6 Å². The standard InChI is InChI=1S/2C14H23NS.C9H15N3.2C2H6/c2*1-4-6-7-13(5-2)10-15-11-14-9-8-12(3)16-14;1-11(2)8-6-5-7-9(10-8)12(3)4;2*1-2/h2*8-9,11,13H,4-7,10H2,1-3H3;5-7H,1-4H3;2*1-2H3. The predicted octanol–water partition coefficient (Wildman–Crippen LogP) is 12.6. The number of hydrogen-bond acceptors (Lipinski definition) is 7. The summed E-state index contributed by atoms with van der Waals surface area (Å²) in [6.45, 7) is 23.3. The van der Waals surface area contributed by atoms with E-state index in [-0.39, 0.29) is 0 Å². The summed E-state index contributed by atoms with van der Waals surface area (Å²) in [7, 11) is 7.95. The van der Waals surface area contributed by atoms with Gasteiger partial charge in [-0.3, -0.25) is 9.98 Å². The molecule has 0 amide bonds. The highest BCUT2D eigenvalue weighted by Crippen LogP contribution is 2.17. The number of aryl methyl sites for hydroxylation is 2. The number of hydrogen-bond donors (Lipinski definition) is 0. The van der Waals surface area contributed by atoms with Gasteiger partial charge in [-0.1, -0.05) is 100.0 Å². The Hall–Kier alpha value is -2.51. The summed E-state index contributed by atoms with van der Waals surface area (Å²) in [5.41, 5.74) is 0. The minimum atomic E-state index is 0.775. The Kier molecular flexibility index (Phi) is 31.5. The van der Waals surface area contributed by atoms with Crippen LogP contribution in [0.5, 0.6) is 0 Å². The molecule has 5 nitrogen and oxygen atoms in total. The van der Waals surface area contributed by atoms with Crippen LogP contribution in [0.1, 0.15) is 126 Å². The molecule has 0 spiro atoms. The largest absolute Gasteiger partial charge is 0.363 e. The van der Waals surface area contributed by atoms with Crippen LogP contribution in [0.2, 0.25) is 0 Å². The highest BCUT2D eigenvalue weighted by molar-refractivity contribution is 7.13. The molecule has 0 N–H and O–H groups in total. The summed E-state index contributed by atoms with van der Waals surface area (Å²) in [4.78, 5) is 22.8. The zero-order chi connectivity index (χ0) is 36.7. The van der Waals surface area contributed by atoms with E-state index in [1.54, 1.807) is 0 Å². The average molecular weight is 700 g/mol. The van der Waals surface area contributed by atoms with Crippen molar-refractivity contribution in [3.05, 3.63) is 62.0 Å². The maximum absolute atomic E-state index is 4.56. The van der Waals surface area contributed by atoms with Crippen LogP contribution < -0.4 is 9.80 Å². The molecule has 0 radical (unpaired) electrons. The molecular weight excluding hydrogens is 627 g/mol. The van der Waals surface area contributed by atoms with E-state index in [1.807, 2.05) is 119 Å². The second-order valence-electron chi connectivity index (χ2n) is 11.9. The van der Waals surface area contributed by atoms with Gasteiger partial charge >= 0.3 is 0 Å². The molecule has 0 aliphatic rings. The van der Waals surface area contributed by atoms with Crippen LogP contribution in [0.15, 0.2) is 52.4 Å². The van der Waals surface area contributed by atoms with Gasteiger partial charge in [0, 0.05) is 73.2 Å². The lowest BCUT2D eigenvalue weighted by Gasteiger charge is -2.15. The smallest absolute Gasteiger partial charge is 0.130 e. The first-order chi connectivity index (χ1) is 23.1. The predicted molar refractivity (Wildman–Crippen MR) is 225 cm³/mol. The van der Waals surface area contributed by atoms with Crippen LogP contribution >= 0.6 is 22.7 Å². The molecule has 0 fully saturated rings. The topological polar surface area (TPSA) is 44.1 Å². The quantitative estimate of drug-likeness (QED) is 0.140. The number of pyridine rings is 1. The molecule has 0 aliphatic carbocycles. The molecule has 3 aromatic rings. The highest BCUT2D eigenvalue weighted by atomic mass is 32.1. The van der Waals surface area contributed by atoms with Gasteiger partial charge in [-0.2, -0.15) is 0 Å². The highest BCUT2D eigenvalue weighted by Gasteiger charge is 2.05. The van der Waals surface area contributed by atoms with Gasteiger partial charge in [-0.05, 0) is 74.9 Å². The summed E-state index contributed by atoms with van der Waals surface area (Å²) in [6, 6.07) is 14.6. The van der Waals surface area contributed by atoms with E-state index in [4.69, 9.17) is 0 Å². The van der Waals surface area contributed by atoms with Gasteiger partial charge in [-0.15, -0.1) is 22.7 Å². The van der Waals surface area contributed by atoms with Crippen molar-refractivity contribution >= 4 is 46.7 Å². The molecular formula is C41H73N5S2. The van der Waals surface area contributed by atoms with Crippen LogP contribution in [0.25, 0.3) is 0 Å². The minimum Gasteiger partial charge on any atom is -0.363 e. The average Bonchev–Trinajstić information content (AvgIpc) is 3.73. The number of thiophene rings is 2. The fourth-order valence-electron chi connectivity index (χ4n) is 4.37. The Bertz CT molecular complexity index is 1090. The van der Waals surface area contributed by atoms with Crippen molar-refractivity contribution in [2.45, 2.75) is 121 Å². The van der Waals surface area contributed by atoms with Crippen LogP contribution in [0, 0.1) is 25.7 Å². The van der Waals surface area contributed by atoms with Crippen LogP contribution in [0.4, 0.5) is 11.6 Å². The zero-order valence-corrected chi connectivity index (χ0v) is 35.1. The van der Waals surface area contributed by atoms with Crippen molar-refractivity contribution in [3.8, 4) is 0 Å². The molecule has 0 saturated carbocycles. The Labute approximate surface area is 306 Å². The molecule has 274 valence electrons. The number of unbranched alkanes of at least 4 members (excludes halogenated alkanes) is 2. The molecule has 3 aromatic heterocycles. The number of rotatable bonds is 16. The van der Waals surface area contributed by atoms with Gasteiger partial charge in [0.15, 0.2) is 0 Å². The monoisotopic (exact) mass is 700 g/mol. The third-order valence-electron chi connectivity index (χ3n) is 7.41. The van der Waals surface area contributed by atoms with Gasteiger partial charge in [0.05, 0.1) is 0 Å². The molecule has 0 bridgehead atoms. The summed E-state index contributed by atoms with van der Waals surface area (Å²) < 4.78 is 0. The fourth-order valence-corrected chi connectivity index (χ4v) is 5.92. The second kappa shape index (κ2) is 31.7. The van der Waals surface area contributed by atoms with Crippen LogP contribution in [0.3, 0.4) is 0 Å². The summed E-state index contributed by atoms with van der Waals surface area (Å²) >= 11 is 3.63. The van der Waals surface area contributed by atoms with Crippen molar-refractivity contribution in [1.82, 2.24) is 4.98 Å². The Morgan fingerprint density at radius 2 is 1.00 bits per heavy atom. The number of nitrogens with zero attached hydrogens (tertiary/aromatic N) is 5. The van der Waals surface area contributed by atoms with E-state index in [1.165, 1.54) is 70.9 Å². The minimum absolute atomic E-state index is 0.775. The van der Waals surface area contributed by atoms with Crippen LogP contribution in [-0.4, -0.2) is 58.7 Å². The van der Waals surface area contributed by atoms with E-state index in [2.05, 4.69) is 80.8 Å². The van der Waals surface area contributed by atoms with Gasteiger partial charge < -0.3 is 9.80 Å². The first-order valence-corrected chi connectivity index (χ1v) is 20.2. The lowest BCUT2D eigenvalue weighted by atomic mass is 10.00. The van der Waals surface area contributed by atoms with Crippen molar-refractivity contribution in [3.63, 3.8) is 0 Å².